The first kappa shape index (κ1) is 39.2. The lowest BCUT2D eigenvalue weighted by Crippen LogP contribution is -3.00. The molecule has 1 rings (SSSR count). The molecule has 0 aliphatic heterocycles. The molecule has 0 aliphatic rings. The van der Waals surface area contributed by atoms with E-state index in [1.807, 2.05) is 0 Å². The van der Waals surface area contributed by atoms with Gasteiger partial charge in [-0.05, 0) is 50.5 Å². The number of rotatable bonds is 30. The summed E-state index contributed by atoms with van der Waals surface area (Å²) < 4.78 is 2.39. The van der Waals surface area contributed by atoms with E-state index in [2.05, 4.69) is 55.1 Å². The molecule has 0 bridgehead atoms. The quantitative estimate of drug-likeness (QED) is 0.0488. The number of allylic oxidation sites excluding steroid dienone is 2. The highest BCUT2D eigenvalue weighted by Gasteiger charge is 2.02. The van der Waals surface area contributed by atoms with Crippen molar-refractivity contribution >= 4 is 0 Å². The number of pyridine rings is 1. The Kier molecular flexibility index (Phi) is 32.0. The fourth-order valence-corrected chi connectivity index (χ4v) is 5.69. The third-order valence-electron chi connectivity index (χ3n) is 8.46. The lowest BCUT2D eigenvalue weighted by Gasteiger charge is -2.04. The summed E-state index contributed by atoms with van der Waals surface area (Å²) in [5, 5.41) is 0. The molecule has 0 unspecified atom stereocenters. The van der Waals surface area contributed by atoms with Crippen molar-refractivity contribution in [1.82, 2.24) is 0 Å². The zero-order valence-electron chi connectivity index (χ0n) is 27.3. The average Bonchev–Trinajstić information content (AvgIpc) is 2.96. The standard InChI is InChI=1S/C38H70N.ClH/c1-3-5-7-9-11-13-15-17-18-19-21-23-25-27-29-31-35-39-36-33-38(34-37-39)32-30-28-26-24-22-20-16-14-12-10-8-6-4-2;/h17-18,33-34,36-37H,3-16,19-32,35H2,1-2H3;1H/q+1;/p-1/b18-17-;. The van der Waals surface area contributed by atoms with Gasteiger partial charge in [-0.1, -0.05) is 154 Å². The number of aryl methyl sites for hydroxylation is 2. The Morgan fingerprint density at radius 1 is 0.450 bits per heavy atom. The predicted molar refractivity (Wildman–Crippen MR) is 175 cm³/mol. The molecule has 2 heteroatoms. The topological polar surface area (TPSA) is 3.88 Å². The molecule has 0 aliphatic carbocycles. The molecule has 1 heterocycles. The molecular formula is C38H70ClN. The van der Waals surface area contributed by atoms with Crippen molar-refractivity contribution in [2.75, 3.05) is 0 Å². The summed E-state index contributed by atoms with van der Waals surface area (Å²) >= 11 is 0. The lowest BCUT2D eigenvalue weighted by molar-refractivity contribution is -0.697. The normalized spacial score (nSPS) is 11.3. The van der Waals surface area contributed by atoms with Crippen molar-refractivity contribution in [3.05, 3.63) is 42.2 Å². The van der Waals surface area contributed by atoms with Crippen molar-refractivity contribution < 1.29 is 17.0 Å². The van der Waals surface area contributed by atoms with Crippen LogP contribution in [0.4, 0.5) is 0 Å². The summed E-state index contributed by atoms with van der Waals surface area (Å²) in [5.41, 5.74) is 1.52. The molecule has 234 valence electrons. The van der Waals surface area contributed by atoms with Crippen molar-refractivity contribution in [2.45, 2.75) is 200 Å². The first-order valence-corrected chi connectivity index (χ1v) is 18.0. The molecule has 0 aromatic carbocycles. The summed E-state index contributed by atoms with van der Waals surface area (Å²) in [6, 6.07) is 4.72. The van der Waals surface area contributed by atoms with E-state index in [4.69, 9.17) is 0 Å². The van der Waals surface area contributed by atoms with Crippen LogP contribution in [0.15, 0.2) is 36.7 Å². The van der Waals surface area contributed by atoms with Crippen LogP contribution in [0.2, 0.25) is 0 Å². The van der Waals surface area contributed by atoms with Gasteiger partial charge in [0.1, 0.15) is 6.54 Å². The monoisotopic (exact) mass is 576 g/mol. The second-order valence-corrected chi connectivity index (χ2v) is 12.4. The second-order valence-electron chi connectivity index (χ2n) is 12.4. The van der Waals surface area contributed by atoms with Gasteiger partial charge >= 0.3 is 0 Å². The summed E-state index contributed by atoms with van der Waals surface area (Å²) in [6.45, 7) is 5.78. The summed E-state index contributed by atoms with van der Waals surface area (Å²) in [5.74, 6) is 0. The first-order valence-electron chi connectivity index (χ1n) is 18.0. The van der Waals surface area contributed by atoms with E-state index < -0.39 is 0 Å². The van der Waals surface area contributed by atoms with Crippen LogP contribution in [0.3, 0.4) is 0 Å². The van der Waals surface area contributed by atoms with Crippen LogP contribution in [0.5, 0.6) is 0 Å². The zero-order valence-corrected chi connectivity index (χ0v) is 28.1. The van der Waals surface area contributed by atoms with Gasteiger partial charge in [-0.2, -0.15) is 0 Å². The van der Waals surface area contributed by atoms with E-state index in [9.17, 15) is 0 Å². The van der Waals surface area contributed by atoms with Gasteiger partial charge in [0.2, 0.25) is 0 Å². The Balaban J connectivity index is 0.0000152. The number of aromatic nitrogens is 1. The maximum absolute atomic E-state index is 2.44. The molecule has 1 nitrogen and oxygen atoms in total. The van der Waals surface area contributed by atoms with Gasteiger partial charge in [0.25, 0.3) is 0 Å². The first-order chi connectivity index (χ1) is 19.4. The zero-order chi connectivity index (χ0) is 27.9. The number of hydrogen-bond acceptors (Lipinski definition) is 0. The van der Waals surface area contributed by atoms with Gasteiger partial charge < -0.3 is 12.4 Å². The third-order valence-corrected chi connectivity index (χ3v) is 8.46. The number of nitrogens with zero attached hydrogens (tertiary/aromatic N) is 1. The molecule has 0 N–H and O–H groups in total. The smallest absolute Gasteiger partial charge is 0.169 e. The Labute approximate surface area is 258 Å². The number of hydrogen-bond donors (Lipinski definition) is 0. The molecule has 0 spiro atoms. The average molecular weight is 576 g/mol. The SMILES string of the molecule is CCCCCCCC/C=C\CCCCCCCC[n+]1ccc(CCCCCCCCCCCCCCC)cc1.[Cl-]. The van der Waals surface area contributed by atoms with Gasteiger partial charge in [-0.15, -0.1) is 0 Å². The molecule has 0 radical (unpaired) electrons. The minimum atomic E-state index is 0. The molecule has 0 atom stereocenters. The molecule has 40 heavy (non-hydrogen) atoms. The van der Waals surface area contributed by atoms with Crippen LogP contribution in [0.25, 0.3) is 0 Å². The van der Waals surface area contributed by atoms with Crippen molar-refractivity contribution in [3.8, 4) is 0 Å². The number of unbranched alkanes of at least 4 members (excludes halogenated alkanes) is 24. The summed E-state index contributed by atoms with van der Waals surface area (Å²) in [6.07, 6.45) is 48.8. The Morgan fingerprint density at radius 3 is 1.23 bits per heavy atom. The Hall–Kier alpha value is -0.820. The lowest BCUT2D eigenvalue weighted by atomic mass is 10.0. The summed E-state index contributed by atoms with van der Waals surface area (Å²) in [4.78, 5) is 0. The molecule has 0 fully saturated rings. The molecule has 0 saturated carbocycles. The minimum Gasteiger partial charge on any atom is -1.00 e. The van der Waals surface area contributed by atoms with E-state index in [0.29, 0.717) is 0 Å². The highest BCUT2D eigenvalue weighted by atomic mass is 35.5. The van der Waals surface area contributed by atoms with Crippen molar-refractivity contribution in [1.29, 1.82) is 0 Å². The van der Waals surface area contributed by atoms with Crippen LogP contribution < -0.4 is 17.0 Å². The largest absolute Gasteiger partial charge is 1.00 e. The van der Waals surface area contributed by atoms with Crippen LogP contribution >= 0.6 is 0 Å². The van der Waals surface area contributed by atoms with E-state index >= 15 is 0 Å². The van der Waals surface area contributed by atoms with Gasteiger partial charge in [0.15, 0.2) is 12.4 Å². The van der Waals surface area contributed by atoms with Crippen LogP contribution in [0.1, 0.15) is 193 Å². The van der Waals surface area contributed by atoms with Gasteiger partial charge in [-0.25, -0.2) is 4.57 Å². The van der Waals surface area contributed by atoms with Gasteiger partial charge in [0.05, 0.1) is 0 Å². The van der Waals surface area contributed by atoms with Crippen LogP contribution in [0, 0.1) is 0 Å². The van der Waals surface area contributed by atoms with Crippen LogP contribution in [-0.2, 0) is 13.0 Å². The van der Waals surface area contributed by atoms with E-state index in [1.54, 1.807) is 0 Å². The van der Waals surface area contributed by atoms with Gasteiger partial charge in [-0.3, -0.25) is 0 Å². The molecule has 1 aromatic rings. The summed E-state index contributed by atoms with van der Waals surface area (Å²) in [7, 11) is 0. The molecular weight excluding hydrogens is 506 g/mol. The van der Waals surface area contributed by atoms with E-state index in [-0.39, 0.29) is 12.4 Å². The molecule has 1 aromatic heterocycles. The third kappa shape index (κ3) is 27.4. The Bertz CT molecular complexity index is 623. The molecule has 0 amide bonds. The van der Waals surface area contributed by atoms with E-state index in [1.165, 1.54) is 192 Å². The minimum absolute atomic E-state index is 0. The fraction of sp³-hybridized carbons (Fsp3) is 0.816. The van der Waals surface area contributed by atoms with Crippen molar-refractivity contribution in [3.63, 3.8) is 0 Å². The second kappa shape index (κ2) is 32.7. The van der Waals surface area contributed by atoms with Crippen LogP contribution in [-0.4, -0.2) is 0 Å². The number of halogens is 1. The van der Waals surface area contributed by atoms with Crippen molar-refractivity contribution in [2.24, 2.45) is 0 Å². The highest BCUT2D eigenvalue weighted by Crippen LogP contribution is 2.14. The van der Waals surface area contributed by atoms with Gasteiger partial charge in [0, 0.05) is 18.6 Å². The Morgan fingerprint density at radius 2 is 0.800 bits per heavy atom. The maximum atomic E-state index is 2.44. The highest BCUT2D eigenvalue weighted by molar-refractivity contribution is 5.07. The fourth-order valence-electron chi connectivity index (χ4n) is 5.69. The maximum Gasteiger partial charge on any atom is 0.169 e. The molecule has 0 saturated heterocycles. The predicted octanol–water partition coefficient (Wildman–Crippen LogP) is 9.65. The van der Waals surface area contributed by atoms with E-state index in [0.717, 1.165) is 0 Å².